The lowest BCUT2D eigenvalue weighted by atomic mass is 9.70. The lowest BCUT2D eigenvalue weighted by molar-refractivity contribution is 0.790. The molecule has 2 aliphatic carbocycles. The topological polar surface area (TPSA) is 3.24 Å². The van der Waals surface area contributed by atoms with Gasteiger partial charge < -0.3 is 4.90 Å². The predicted octanol–water partition coefficient (Wildman–Crippen LogP) is 15.2. The Balaban J connectivity index is 1.32. The van der Waals surface area contributed by atoms with E-state index in [1.165, 1.54) is 72.4 Å². The zero-order valence-electron chi connectivity index (χ0n) is 34.8. The first kappa shape index (κ1) is 39.8. The van der Waals surface area contributed by atoms with Crippen LogP contribution in [0.5, 0.6) is 0 Å². The van der Waals surface area contributed by atoms with Crippen LogP contribution in [-0.2, 0) is 5.41 Å². The van der Waals surface area contributed by atoms with Gasteiger partial charge in [-0.25, -0.2) is 0 Å². The molecule has 0 N–H and O–H groups in total. The van der Waals surface area contributed by atoms with Gasteiger partial charge in [-0.1, -0.05) is 183 Å². The highest BCUT2D eigenvalue weighted by molar-refractivity contribution is 5.88. The minimum Gasteiger partial charge on any atom is -0.338 e. The first-order valence-corrected chi connectivity index (χ1v) is 20.7. The summed E-state index contributed by atoms with van der Waals surface area (Å²) in [4.78, 5) is 2.35. The van der Waals surface area contributed by atoms with Crippen molar-refractivity contribution in [2.45, 2.75) is 52.9 Å². The minimum atomic E-state index is -0.411. The minimum absolute atomic E-state index is 0.411. The zero-order chi connectivity index (χ0) is 40.5. The van der Waals surface area contributed by atoms with Gasteiger partial charge in [-0.05, 0) is 138 Å². The van der Waals surface area contributed by atoms with Crippen LogP contribution < -0.4 is 4.90 Å². The number of hydrogen-bond donors (Lipinski definition) is 0. The first-order valence-electron chi connectivity index (χ1n) is 20.7. The molecule has 0 saturated carbocycles. The summed E-state index contributed by atoms with van der Waals surface area (Å²) in [5, 5.41) is 0. The second kappa shape index (κ2) is 18.2. The van der Waals surface area contributed by atoms with Gasteiger partial charge >= 0.3 is 0 Å². The van der Waals surface area contributed by atoms with Crippen LogP contribution >= 0.6 is 0 Å². The van der Waals surface area contributed by atoms with Gasteiger partial charge in [0.15, 0.2) is 0 Å². The fourth-order valence-electron chi connectivity index (χ4n) is 8.60. The molecule has 0 heterocycles. The van der Waals surface area contributed by atoms with Gasteiger partial charge in [0.25, 0.3) is 0 Å². The van der Waals surface area contributed by atoms with E-state index in [9.17, 15) is 0 Å². The Bertz CT molecular complexity index is 2530. The second-order valence-corrected chi connectivity index (χ2v) is 15.1. The molecule has 288 valence electrons. The molecule has 1 atom stereocenters. The van der Waals surface area contributed by atoms with E-state index in [4.69, 9.17) is 6.58 Å². The summed E-state index contributed by atoms with van der Waals surface area (Å²) in [6, 6.07) is 41.9. The largest absolute Gasteiger partial charge is 0.338 e. The van der Waals surface area contributed by atoms with Crippen LogP contribution in [0.2, 0.25) is 0 Å². The van der Waals surface area contributed by atoms with Gasteiger partial charge in [0.1, 0.15) is 0 Å². The summed E-state index contributed by atoms with van der Waals surface area (Å²) in [6.07, 6.45) is 31.2. The predicted molar refractivity (Wildman–Crippen MR) is 254 cm³/mol. The van der Waals surface area contributed by atoms with Crippen LogP contribution in [-0.4, -0.2) is 6.54 Å². The van der Waals surface area contributed by atoms with Crippen molar-refractivity contribution in [3.05, 3.63) is 244 Å². The van der Waals surface area contributed by atoms with E-state index in [2.05, 4.69) is 234 Å². The maximum absolute atomic E-state index is 4.76. The Labute approximate surface area is 347 Å². The molecule has 5 aromatic rings. The van der Waals surface area contributed by atoms with E-state index < -0.39 is 5.41 Å². The number of hydrogen-bond acceptors (Lipinski definition) is 1. The number of anilines is 1. The van der Waals surface area contributed by atoms with Crippen LogP contribution in [0.1, 0.15) is 78.1 Å². The number of benzene rings is 5. The fourth-order valence-corrected chi connectivity index (χ4v) is 8.60. The first-order chi connectivity index (χ1) is 28.4. The standard InChI is InChI=1S/C57H55N/c1-7-22-45-35-36-46(44(6)43(45)5)28-21-39-58(52-37-38-53(47-24-13-10-14-25-47)55(40-52)48-26-15-11-16-27-48)42(4)33-34-49-41-57(50(9-3)23-8-2,51-29-17-12-18-30-51)56-32-20-19-31-54(49)56/h7-15,17-26,28-38,40-41H,4,16,27,39H2,1-3,5-6H3/b22-7-,23-8-,28-21-,34-33-,50-9+. The molecule has 0 aromatic heterocycles. The van der Waals surface area contributed by atoms with Gasteiger partial charge in [-0.2, -0.15) is 0 Å². The lowest BCUT2D eigenvalue weighted by Crippen LogP contribution is -2.25. The highest BCUT2D eigenvalue weighted by Gasteiger charge is 2.41. The summed E-state index contributed by atoms with van der Waals surface area (Å²) < 4.78 is 0. The van der Waals surface area contributed by atoms with E-state index in [1.54, 1.807) is 0 Å². The van der Waals surface area contributed by atoms with Crippen LogP contribution in [0.4, 0.5) is 5.69 Å². The summed E-state index contributed by atoms with van der Waals surface area (Å²) >= 11 is 0. The van der Waals surface area contributed by atoms with Crippen molar-refractivity contribution in [1.82, 2.24) is 0 Å². The third kappa shape index (κ3) is 8.04. The van der Waals surface area contributed by atoms with Gasteiger partial charge in [0.05, 0.1) is 5.41 Å². The molecule has 58 heavy (non-hydrogen) atoms. The molecule has 0 aliphatic heterocycles. The monoisotopic (exact) mass is 753 g/mol. The molecule has 1 unspecified atom stereocenters. The van der Waals surface area contributed by atoms with Crippen molar-refractivity contribution in [1.29, 1.82) is 0 Å². The number of rotatable bonds is 13. The molecular formula is C57H55N. The van der Waals surface area contributed by atoms with Crippen molar-refractivity contribution in [2.75, 3.05) is 11.4 Å². The second-order valence-electron chi connectivity index (χ2n) is 15.1. The highest BCUT2D eigenvalue weighted by atomic mass is 15.1. The molecule has 5 aromatic carbocycles. The molecule has 1 heteroatoms. The summed E-state index contributed by atoms with van der Waals surface area (Å²) in [5.74, 6) is 0. The van der Waals surface area contributed by atoms with Gasteiger partial charge in [-0.3, -0.25) is 0 Å². The molecular weight excluding hydrogens is 699 g/mol. The average Bonchev–Trinajstić information content (AvgIpc) is 3.61. The van der Waals surface area contributed by atoms with E-state index in [1.807, 2.05) is 0 Å². The van der Waals surface area contributed by atoms with E-state index in [0.717, 1.165) is 24.2 Å². The van der Waals surface area contributed by atoms with Gasteiger partial charge in [0.2, 0.25) is 0 Å². The van der Waals surface area contributed by atoms with Crippen molar-refractivity contribution in [3.8, 4) is 11.1 Å². The highest BCUT2D eigenvalue weighted by Crippen LogP contribution is 2.50. The smallest absolute Gasteiger partial charge is 0.0643 e. The van der Waals surface area contributed by atoms with Crippen LogP contribution in [0.15, 0.2) is 200 Å². The van der Waals surface area contributed by atoms with E-state index >= 15 is 0 Å². The zero-order valence-corrected chi connectivity index (χ0v) is 34.8. The molecule has 0 bridgehead atoms. The summed E-state index contributed by atoms with van der Waals surface area (Å²) in [7, 11) is 0. The molecule has 0 saturated heterocycles. The maximum atomic E-state index is 4.76. The van der Waals surface area contributed by atoms with Crippen molar-refractivity contribution >= 4 is 29.0 Å². The molecule has 0 spiro atoms. The van der Waals surface area contributed by atoms with Crippen LogP contribution in [0.3, 0.4) is 0 Å². The summed E-state index contributed by atoms with van der Waals surface area (Å²) in [5.41, 5.74) is 18.1. The van der Waals surface area contributed by atoms with Crippen molar-refractivity contribution < 1.29 is 0 Å². The third-order valence-corrected chi connectivity index (χ3v) is 11.7. The maximum Gasteiger partial charge on any atom is 0.0643 e. The average molecular weight is 754 g/mol. The molecule has 7 rings (SSSR count). The Morgan fingerprint density at radius 3 is 2.10 bits per heavy atom. The van der Waals surface area contributed by atoms with Crippen LogP contribution in [0.25, 0.3) is 34.4 Å². The number of nitrogens with zero attached hydrogens (tertiary/aromatic N) is 1. The van der Waals surface area contributed by atoms with E-state index in [0.29, 0.717) is 6.54 Å². The Morgan fingerprint density at radius 1 is 0.707 bits per heavy atom. The fraction of sp³-hybridized carbons (Fsp3) is 0.158. The molecule has 0 amide bonds. The number of allylic oxidation sites excluding steroid dienone is 13. The summed E-state index contributed by atoms with van der Waals surface area (Å²) in [6.45, 7) is 16.2. The Hall–Kier alpha value is -6.44. The van der Waals surface area contributed by atoms with Crippen molar-refractivity contribution in [3.63, 3.8) is 0 Å². The molecule has 0 radical (unpaired) electrons. The number of fused-ring (bicyclic) bond motifs is 1. The lowest BCUT2D eigenvalue weighted by Gasteiger charge is -2.31. The SMILES string of the molecule is C=C(/C=C\C1=CC(C(/C=C\C)=C/C)(c2ccccc2)c2ccccc21)N(C/C=C\c1ccc(/C=C\C)c(C)c1C)c1ccc(-c2ccccc2)c(C2=CC=CCC2)c1. The Morgan fingerprint density at radius 2 is 1.41 bits per heavy atom. The normalized spacial score (nSPS) is 16.7. The molecule has 1 nitrogen and oxygen atoms in total. The third-order valence-electron chi connectivity index (χ3n) is 11.7. The van der Waals surface area contributed by atoms with Gasteiger partial charge in [0, 0.05) is 17.9 Å². The van der Waals surface area contributed by atoms with Gasteiger partial charge in [-0.15, -0.1) is 0 Å². The quantitative estimate of drug-likeness (QED) is 0.108. The molecule has 0 fully saturated rings. The van der Waals surface area contributed by atoms with E-state index in [-0.39, 0.29) is 0 Å². The Kier molecular flexibility index (Phi) is 12.5. The van der Waals surface area contributed by atoms with Crippen molar-refractivity contribution in [2.24, 2.45) is 0 Å². The molecule has 2 aliphatic rings. The van der Waals surface area contributed by atoms with Crippen LogP contribution in [0, 0.1) is 13.8 Å².